The van der Waals surface area contributed by atoms with Crippen LogP contribution in [0.2, 0.25) is 0 Å². The molecule has 3 nitrogen and oxygen atoms in total. The first kappa shape index (κ1) is 11.5. The molecule has 0 bridgehead atoms. The van der Waals surface area contributed by atoms with E-state index in [1.54, 1.807) is 11.3 Å². The number of amides is 2. The van der Waals surface area contributed by atoms with Gasteiger partial charge in [-0.2, -0.15) is 0 Å². The molecule has 0 saturated heterocycles. The van der Waals surface area contributed by atoms with Gasteiger partial charge in [-0.25, -0.2) is 4.79 Å². The Balaban J connectivity index is 2.27. The summed E-state index contributed by atoms with van der Waals surface area (Å²) in [6, 6.07) is 1.87. The van der Waals surface area contributed by atoms with Crippen molar-refractivity contribution in [3.8, 4) is 0 Å². The molecule has 1 aromatic heterocycles. The van der Waals surface area contributed by atoms with Crippen molar-refractivity contribution < 1.29 is 4.79 Å². The van der Waals surface area contributed by atoms with E-state index >= 15 is 0 Å². The minimum absolute atomic E-state index is 0.104. The predicted octanol–water partition coefficient (Wildman–Crippen LogP) is 2.72. The molecule has 78 valence electrons. The molecule has 1 heterocycles. The monoisotopic (exact) mass is 276 g/mol. The minimum Gasteiger partial charge on any atom is -0.338 e. The van der Waals surface area contributed by atoms with E-state index in [0.29, 0.717) is 6.54 Å². The van der Waals surface area contributed by atoms with Gasteiger partial charge >= 0.3 is 6.03 Å². The van der Waals surface area contributed by atoms with Gasteiger partial charge in [-0.15, -0.1) is 11.3 Å². The van der Waals surface area contributed by atoms with Gasteiger partial charge < -0.3 is 10.6 Å². The Bertz CT molecular complexity index is 301. The third kappa shape index (κ3) is 3.67. The number of carbonyl (C=O) groups excluding carboxylic acids is 1. The van der Waals surface area contributed by atoms with Crippen molar-refractivity contribution >= 4 is 33.3 Å². The molecule has 0 aromatic carbocycles. The SMILES string of the molecule is CCCNC(=O)NCc1sccc1Br. The van der Waals surface area contributed by atoms with E-state index in [1.807, 2.05) is 18.4 Å². The van der Waals surface area contributed by atoms with Crippen LogP contribution in [0.5, 0.6) is 0 Å². The summed E-state index contributed by atoms with van der Waals surface area (Å²) in [6.07, 6.45) is 0.954. The highest BCUT2D eigenvalue weighted by Crippen LogP contribution is 2.21. The van der Waals surface area contributed by atoms with Gasteiger partial charge in [0.05, 0.1) is 6.54 Å². The highest BCUT2D eigenvalue weighted by Gasteiger charge is 2.03. The molecule has 0 aliphatic heterocycles. The topological polar surface area (TPSA) is 41.1 Å². The number of hydrogen-bond acceptors (Lipinski definition) is 2. The molecule has 1 aromatic rings. The first-order chi connectivity index (χ1) is 6.74. The molecule has 0 fully saturated rings. The second-order valence-electron chi connectivity index (χ2n) is 2.80. The summed E-state index contributed by atoms with van der Waals surface area (Å²) >= 11 is 5.03. The van der Waals surface area contributed by atoms with Gasteiger partial charge in [0.25, 0.3) is 0 Å². The van der Waals surface area contributed by atoms with Crippen LogP contribution in [0.3, 0.4) is 0 Å². The van der Waals surface area contributed by atoms with E-state index in [1.165, 1.54) is 0 Å². The quantitative estimate of drug-likeness (QED) is 0.873. The molecular weight excluding hydrogens is 264 g/mol. The van der Waals surface area contributed by atoms with Crippen molar-refractivity contribution in [1.29, 1.82) is 0 Å². The number of halogens is 1. The van der Waals surface area contributed by atoms with Crippen molar-refractivity contribution in [2.45, 2.75) is 19.9 Å². The van der Waals surface area contributed by atoms with Gasteiger partial charge in [0, 0.05) is 15.9 Å². The zero-order valence-corrected chi connectivity index (χ0v) is 10.4. The van der Waals surface area contributed by atoms with Crippen LogP contribution < -0.4 is 10.6 Å². The Morgan fingerprint density at radius 2 is 2.36 bits per heavy atom. The molecule has 2 N–H and O–H groups in total. The molecule has 0 radical (unpaired) electrons. The number of thiophene rings is 1. The molecule has 5 heteroatoms. The van der Waals surface area contributed by atoms with Crippen molar-refractivity contribution in [1.82, 2.24) is 10.6 Å². The van der Waals surface area contributed by atoms with E-state index in [9.17, 15) is 4.79 Å². The largest absolute Gasteiger partial charge is 0.338 e. The first-order valence-electron chi connectivity index (χ1n) is 4.47. The average molecular weight is 277 g/mol. The molecule has 0 aliphatic carbocycles. The van der Waals surface area contributed by atoms with Crippen LogP contribution in [0, 0.1) is 0 Å². The summed E-state index contributed by atoms with van der Waals surface area (Å²) in [6.45, 7) is 3.32. The van der Waals surface area contributed by atoms with Crippen molar-refractivity contribution in [2.75, 3.05) is 6.54 Å². The van der Waals surface area contributed by atoms with Crippen LogP contribution >= 0.6 is 27.3 Å². The maximum absolute atomic E-state index is 11.2. The minimum atomic E-state index is -0.104. The fraction of sp³-hybridized carbons (Fsp3) is 0.444. The highest BCUT2D eigenvalue weighted by molar-refractivity contribution is 9.10. The summed E-state index contributed by atoms with van der Waals surface area (Å²) in [5.41, 5.74) is 0. The predicted molar refractivity (Wildman–Crippen MR) is 62.5 cm³/mol. The Kier molecular flexibility index (Phi) is 4.97. The average Bonchev–Trinajstić information content (AvgIpc) is 2.58. The van der Waals surface area contributed by atoms with E-state index in [0.717, 1.165) is 22.3 Å². The molecule has 0 saturated carbocycles. The smallest absolute Gasteiger partial charge is 0.315 e. The van der Waals surface area contributed by atoms with Crippen LogP contribution in [0.15, 0.2) is 15.9 Å². The van der Waals surface area contributed by atoms with Gasteiger partial charge in [0.1, 0.15) is 0 Å². The lowest BCUT2D eigenvalue weighted by atomic mass is 10.4. The standard InChI is InChI=1S/C9H13BrN2OS/c1-2-4-11-9(13)12-6-8-7(10)3-5-14-8/h3,5H,2,4,6H2,1H3,(H2,11,12,13). The van der Waals surface area contributed by atoms with Crippen molar-refractivity contribution in [3.63, 3.8) is 0 Å². The van der Waals surface area contributed by atoms with Gasteiger partial charge in [-0.3, -0.25) is 0 Å². The molecule has 14 heavy (non-hydrogen) atoms. The highest BCUT2D eigenvalue weighted by atomic mass is 79.9. The van der Waals surface area contributed by atoms with E-state index in [4.69, 9.17) is 0 Å². The maximum atomic E-state index is 11.2. The maximum Gasteiger partial charge on any atom is 0.315 e. The number of rotatable bonds is 4. The first-order valence-corrected chi connectivity index (χ1v) is 6.15. The Morgan fingerprint density at radius 1 is 1.57 bits per heavy atom. The molecule has 1 rings (SSSR count). The molecule has 0 spiro atoms. The van der Waals surface area contributed by atoms with Gasteiger partial charge in [-0.1, -0.05) is 6.92 Å². The van der Waals surface area contributed by atoms with Crippen LogP contribution in [0.1, 0.15) is 18.2 Å². The summed E-state index contributed by atoms with van der Waals surface area (Å²) in [4.78, 5) is 12.3. The van der Waals surface area contributed by atoms with Gasteiger partial charge in [0.15, 0.2) is 0 Å². The molecule has 0 aliphatic rings. The Hall–Kier alpha value is -0.550. The lowest BCUT2D eigenvalue weighted by Crippen LogP contribution is -2.35. The lowest BCUT2D eigenvalue weighted by molar-refractivity contribution is 0.240. The lowest BCUT2D eigenvalue weighted by Gasteiger charge is -2.05. The fourth-order valence-corrected chi connectivity index (χ4v) is 2.35. The zero-order chi connectivity index (χ0) is 10.4. The second-order valence-corrected chi connectivity index (χ2v) is 4.66. The molecule has 2 amide bonds. The summed E-state index contributed by atoms with van der Waals surface area (Å²) in [7, 11) is 0. The third-order valence-corrected chi connectivity index (χ3v) is 3.56. The normalized spacial score (nSPS) is 9.86. The van der Waals surface area contributed by atoms with Crippen molar-refractivity contribution in [2.24, 2.45) is 0 Å². The Labute approximate surface area is 96.0 Å². The van der Waals surface area contributed by atoms with Gasteiger partial charge in [0.2, 0.25) is 0 Å². The third-order valence-electron chi connectivity index (χ3n) is 1.64. The summed E-state index contributed by atoms with van der Waals surface area (Å²) in [5.74, 6) is 0. The van der Waals surface area contributed by atoms with E-state index in [-0.39, 0.29) is 6.03 Å². The number of nitrogens with one attached hydrogen (secondary N) is 2. The van der Waals surface area contributed by atoms with E-state index < -0.39 is 0 Å². The zero-order valence-electron chi connectivity index (χ0n) is 7.97. The fourth-order valence-electron chi connectivity index (χ4n) is 0.913. The number of hydrogen-bond donors (Lipinski definition) is 2. The molecule has 0 unspecified atom stereocenters. The number of urea groups is 1. The van der Waals surface area contributed by atoms with E-state index in [2.05, 4.69) is 26.6 Å². The van der Waals surface area contributed by atoms with Crippen LogP contribution in [-0.2, 0) is 6.54 Å². The molecule has 0 atom stereocenters. The van der Waals surface area contributed by atoms with Gasteiger partial charge in [-0.05, 0) is 33.8 Å². The Morgan fingerprint density at radius 3 is 2.93 bits per heavy atom. The van der Waals surface area contributed by atoms with Crippen LogP contribution in [0.25, 0.3) is 0 Å². The van der Waals surface area contributed by atoms with Crippen LogP contribution in [0.4, 0.5) is 4.79 Å². The summed E-state index contributed by atoms with van der Waals surface area (Å²) < 4.78 is 1.05. The molecular formula is C9H13BrN2OS. The summed E-state index contributed by atoms with van der Waals surface area (Å²) in [5, 5.41) is 7.54. The number of carbonyl (C=O) groups is 1. The van der Waals surface area contributed by atoms with Crippen LogP contribution in [-0.4, -0.2) is 12.6 Å². The van der Waals surface area contributed by atoms with Crippen molar-refractivity contribution in [3.05, 3.63) is 20.8 Å². The second kappa shape index (κ2) is 6.03.